The van der Waals surface area contributed by atoms with Crippen LogP contribution in [-0.4, -0.2) is 138 Å². The monoisotopic (exact) mass is 1100 g/mol. The van der Waals surface area contributed by atoms with Gasteiger partial charge in [0.2, 0.25) is 19.7 Å². The Balaban J connectivity index is 0.861. The SMILES string of the molecule is CC(=O)OCC(O)COc1ccc(S(=O)(=O)c2ccc(OCC(O)COC(=O)c3ccc(Oc4ccc(C(=O)OCC(O)COc5ccc(S(=O)(=O)c6ccc(OCC(O)COC(C)=O)cc6)cc5)cc4)cc3)cc2)cc1. The molecule has 0 aliphatic rings. The van der Waals surface area contributed by atoms with Crippen LogP contribution in [-0.2, 0) is 48.2 Å². The smallest absolute Gasteiger partial charge is 0.338 e. The molecule has 4 atom stereocenters. The summed E-state index contributed by atoms with van der Waals surface area (Å²) in [5, 5.41) is 40.5. The maximum atomic E-state index is 13.2. The number of aliphatic hydroxyl groups excluding tert-OH is 4. The first-order chi connectivity index (χ1) is 36.7. The molecule has 23 heteroatoms. The molecule has 0 spiro atoms. The summed E-state index contributed by atoms with van der Waals surface area (Å²) in [6.07, 6.45) is -4.58. The van der Waals surface area contributed by atoms with Crippen LogP contribution in [0.1, 0.15) is 34.6 Å². The number of hydrogen-bond acceptors (Lipinski definition) is 21. The summed E-state index contributed by atoms with van der Waals surface area (Å²) in [6.45, 7) is 0.224. The average Bonchev–Trinajstić information content (AvgIpc) is 3.43. The molecular formula is C54H54O21S2. The summed E-state index contributed by atoms with van der Waals surface area (Å²) < 4.78 is 100. The Morgan fingerprint density at radius 3 is 0.792 bits per heavy atom. The van der Waals surface area contributed by atoms with Gasteiger partial charge in [0.15, 0.2) is 0 Å². The Morgan fingerprint density at radius 2 is 0.558 bits per heavy atom. The molecule has 0 saturated carbocycles. The first-order valence-electron chi connectivity index (χ1n) is 23.4. The van der Waals surface area contributed by atoms with Crippen molar-refractivity contribution in [1.29, 1.82) is 0 Å². The lowest BCUT2D eigenvalue weighted by molar-refractivity contribution is -0.145. The third kappa shape index (κ3) is 18.0. The second-order valence-corrected chi connectivity index (χ2v) is 20.6. The number of carbonyl (C=O) groups is 4. The number of carbonyl (C=O) groups excluding carboxylic acids is 4. The van der Waals surface area contributed by atoms with Crippen LogP contribution in [0.3, 0.4) is 0 Å². The highest BCUT2D eigenvalue weighted by atomic mass is 32.2. The van der Waals surface area contributed by atoms with E-state index in [2.05, 4.69) is 0 Å². The number of ether oxygens (including phenoxy) is 9. The average molecular weight is 1100 g/mol. The zero-order chi connectivity index (χ0) is 55.5. The molecule has 0 fully saturated rings. The van der Waals surface area contributed by atoms with Gasteiger partial charge >= 0.3 is 23.9 Å². The van der Waals surface area contributed by atoms with Crippen molar-refractivity contribution in [2.45, 2.75) is 57.8 Å². The second-order valence-electron chi connectivity index (χ2n) is 16.7. The number of benzene rings is 6. The van der Waals surface area contributed by atoms with E-state index in [1.54, 1.807) is 0 Å². The quantitative estimate of drug-likeness (QED) is 0.0373. The van der Waals surface area contributed by atoms with Gasteiger partial charge in [-0.3, -0.25) is 9.59 Å². The first kappa shape index (κ1) is 58.2. The van der Waals surface area contributed by atoms with Crippen LogP contribution in [0, 0.1) is 0 Å². The van der Waals surface area contributed by atoms with Gasteiger partial charge in [-0.15, -0.1) is 0 Å². The van der Waals surface area contributed by atoms with Crippen LogP contribution >= 0.6 is 0 Å². The van der Waals surface area contributed by atoms with Gasteiger partial charge in [0.1, 0.15) is 112 Å². The zero-order valence-electron chi connectivity index (χ0n) is 41.4. The molecule has 0 amide bonds. The van der Waals surface area contributed by atoms with Gasteiger partial charge in [0, 0.05) is 13.8 Å². The van der Waals surface area contributed by atoms with Crippen molar-refractivity contribution < 1.29 is 99.1 Å². The van der Waals surface area contributed by atoms with E-state index in [4.69, 9.17) is 42.6 Å². The molecule has 21 nitrogen and oxygen atoms in total. The van der Waals surface area contributed by atoms with Gasteiger partial charge in [-0.2, -0.15) is 0 Å². The minimum Gasteiger partial charge on any atom is -0.491 e. The van der Waals surface area contributed by atoms with E-state index in [0.717, 1.165) is 0 Å². The molecule has 0 radical (unpaired) electrons. The number of aliphatic hydroxyl groups is 4. The highest BCUT2D eigenvalue weighted by Crippen LogP contribution is 2.28. The molecule has 6 rings (SSSR count). The fraction of sp³-hybridized carbons (Fsp3) is 0.259. The van der Waals surface area contributed by atoms with Crippen molar-refractivity contribution in [3.63, 3.8) is 0 Å². The molecule has 0 saturated heterocycles. The molecule has 4 N–H and O–H groups in total. The summed E-state index contributed by atoms with van der Waals surface area (Å²) >= 11 is 0. The zero-order valence-corrected chi connectivity index (χ0v) is 43.0. The third-order valence-corrected chi connectivity index (χ3v) is 14.1. The lowest BCUT2D eigenvalue weighted by Crippen LogP contribution is -2.25. The van der Waals surface area contributed by atoms with Crippen LogP contribution in [0.2, 0.25) is 0 Å². The Bertz CT molecular complexity index is 2900. The van der Waals surface area contributed by atoms with Crippen LogP contribution in [0.4, 0.5) is 0 Å². The van der Waals surface area contributed by atoms with Crippen molar-refractivity contribution in [3.05, 3.63) is 157 Å². The van der Waals surface area contributed by atoms with E-state index in [0.29, 0.717) is 23.0 Å². The van der Waals surface area contributed by atoms with Crippen molar-refractivity contribution in [2.24, 2.45) is 0 Å². The van der Waals surface area contributed by atoms with Gasteiger partial charge in [-0.1, -0.05) is 0 Å². The van der Waals surface area contributed by atoms with Crippen LogP contribution in [0.5, 0.6) is 34.5 Å². The van der Waals surface area contributed by atoms with Crippen molar-refractivity contribution in [1.82, 2.24) is 0 Å². The minimum absolute atomic E-state index is 0.0127. The van der Waals surface area contributed by atoms with Gasteiger partial charge in [-0.25, -0.2) is 26.4 Å². The summed E-state index contributed by atoms with van der Waals surface area (Å²) in [7, 11) is -7.84. The van der Waals surface area contributed by atoms with E-state index in [-0.39, 0.29) is 81.8 Å². The predicted molar refractivity (Wildman–Crippen MR) is 269 cm³/mol. The summed E-state index contributed by atoms with van der Waals surface area (Å²) in [4.78, 5) is 47.1. The van der Waals surface area contributed by atoms with E-state index >= 15 is 0 Å². The molecular weight excluding hydrogens is 1050 g/mol. The molecule has 6 aromatic carbocycles. The number of sulfone groups is 2. The van der Waals surface area contributed by atoms with Gasteiger partial charge in [0.05, 0.1) is 30.7 Å². The lowest BCUT2D eigenvalue weighted by Gasteiger charge is -2.14. The van der Waals surface area contributed by atoms with Gasteiger partial charge in [0.25, 0.3) is 0 Å². The highest BCUT2D eigenvalue weighted by molar-refractivity contribution is 7.91. The third-order valence-electron chi connectivity index (χ3n) is 10.5. The lowest BCUT2D eigenvalue weighted by atomic mass is 10.2. The maximum Gasteiger partial charge on any atom is 0.338 e. The Hall–Kier alpha value is -8.06. The molecule has 0 heterocycles. The van der Waals surface area contributed by atoms with E-state index in [9.17, 15) is 56.4 Å². The summed E-state index contributed by atoms with van der Waals surface area (Å²) in [5.74, 6) is -0.752. The molecule has 4 unspecified atom stereocenters. The first-order valence-corrected chi connectivity index (χ1v) is 26.3. The van der Waals surface area contributed by atoms with Gasteiger partial charge in [-0.05, 0) is 146 Å². The molecule has 77 heavy (non-hydrogen) atoms. The Morgan fingerprint density at radius 1 is 0.338 bits per heavy atom. The summed E-state index contributed by atoms with van der Waals surface area (Å²) in [5.41, 5.74) is 0.326. The van der Waals surface area contributed by atoms with Crippen LogP contribution in [0.15, 0.2) is 165 Å². The predicted octanol–water partition coefficient (Wildman–Crippen LogP) is 4.94. The van der Waals surface area contributed by atoms with Crippen molar-refractivity contribution in [2.75, 3.05) is 52.9 Å². The fourth-order valence-electron chi connectivity index (χ4n) is 6.49. The largest absolute Gasteiger partial charge is 0.491 e. The van der Waals surface area contributed by atoms with E-state index in [1.807, 2.05) is 0 Å². The van der Waals surface area contributed by atoms with E-state index in [1.165, 1.54) is 159 Å². The molecule has 0 bridgehead atoms. The fourth-order valence-corrected chi connectivity index (χ4v) is 9.01. The molecule has 0 aliphatic carbocycles. The minimum atomic E-state index is -3.92. The van der Waals surface area contributed by atoms with Gasteiger partial charge < -0.3 is 63.1 Å². The molecule has 408 valence electrons. The maximum absolute atomic E-state index is 13.2. The normalized spacial score (nSPS) is 12.9. The van der Waals surface area contributed by atoms with Crippen molar-refractivity contribution >= 4 is 43.6 Å². The molecule has 6 aromatic rings. The molecule has 0 aliphatic heterocycles. The highest BCUT2D eigenvalue weighted by Gasteiger charge is 2.21. The summed E-state index contributed by atoms with van der Waals surface area (Å²) in [6, 6.07) is 34.0. The van der Waals surface area contributed by atoms with E-state index < -0.39 is 81.2 Å². The van der Waals surface area contributed by atoms with Crippen molar-refractivity contribution in [3.8, 4) is 34.5 Å². The van der Waals surface area contributed by atoms with Crippen LogP contribution < -0.4 is 23.7 Å². The molecule has 0 aromatic heterocycles. The number of rotatable bonds is 28. The standard InChI is InChI=1S/C54H54O21S2/c1-35(55)67-27-39(57)29-69-43-11-19-49(20-12-43)76(63,64)51-23-15-45(16-24-51)71-31-41(59)33-73-53(61)37-3-7-47(8-4-37)75-48-9-5-38(6-10-48)54(62)74-34-42(60)32-72-46-17-25-52(26-18-46)77(65,66)50-21-13-44(14-22-50)70-30-40(58)28-68-36(2)56/h3-26,39-42,57-60H,27-34H2,1-2H3. The second kappa shape index (κ2) is 27.6. The number of hydrogen-bond donors (Lipinski definition) is 4. The number of esters is 4. The topological polar surface area (TPSA) is 301 Å². The van der Waals surface area contributed by atoms with Crippen LogP contribution in [0.25, 0.3) is 0 Å². The Labute approximate surface area is 442 Å². The Kier molecular flexibility index (Phi) is 20.9.